The minimum absolute atomic E-state index is 0.413. The van der Waals surface area contributed by atoms with Crippen molar-refractivity contribution in [2.45, 2.75) is 6.54 Å². The fraction of sp³-hybridized carbons (Fsp3) is 0.417. The van der Waals surface area contributed by atoms with Crippen LogP contribution in [0.1, 0.15) is 5.56 Å². The molecule has 0 atom stereocenters. The van der Waals surface area contributed by atoms with Gasteiger partial charge in [0.05, 0.1) is 14.2 Å². The smallest absolute Gasteiger partial charge is 0.406 e. The highest BCUT2D eigenvalue weighted by atomic mass is 16.5. The molecule has 0 radical (unpaired) electrons. The Balaban J connectivity index is 2.24. The Morgan fingerprint density at radius 1 is 1.24 bits per heavy atom. The summed E-state index contributed by atoms with van der Waals surface area (Å²) in [6.45, 7) is 1.90. The Labute approximate surface area is 101 Å². The lowest BCUT2D eigenvalue weighted by Crippen LogP contribution is -2.31. The third-order valence-electron chi connectivity index (χ3n) is 2.26. The number of ether oxygens (including phenoxy) is 2. The normalized spacial score (nSPS) is 9.76. The van der Waals surface area contributed by atoms with Crippen molar-refractivity contribution in [1.29, 1.82) is 0 Å². The van der Waals surface area contributed by atoms with E-state index in [2.05, 4.69) is 15.4 Å². The average Bonchev–Trinajstić information content (AvgIpc) is 2.38. The molecular formula is C12H18N2O3. The largest absolute Gasteiger partial charge is 0.496 e. The van der Waals surface area contributed by atoms with E-state index < -0.39 is 6.09 Å². The van der Waals surface area contributed by atoms with E-state index >= 15 is 0 Å². The van der Waals surface area contributed by atoms with Crippen LogP contribution in [0, 0.1) is 0 Å². The molecule has 0 aromatic heterocycles. The Morgan fingerprint density at radius 3 is 2.71 bits per heavy atom. The van der Waals surface area contributed by atoms with Crippen molar-refractivity contribution in [2.75, 3.05) is 27.3 Å². The van der Waals surface area contributed by atoms with Crippen molar-refractivity contribution in [3.63, 3.8) is 0 Å². The maximum absolute atomic E-state index is 10.8. The molecule has 0 fully saturated rings. The second-order valence-electron chi connectivity index (χ2n) is 3.41. The quantitative estimate of drug-likeness (QED) is 0.730. The van der Waals surface area contributed by atoms with Gasteiger partial charge in [-0.2, -0.15) is 0 Å². The van der Waals surface area contributed by atoms with Crippen LogP contribution in [-0.4, -0.2) is 33.4 Å². The first-order valence-electron chi connectivity index (χ1n) is 5.42. The molecule has 5 heteroatoms. The standard InChI is InChI=1S/C12H18N2O3/c1-16-11-6-4-3-5-10(11)9-13-7-8-14-12(15)17-2/h3-6,13H,7-9H2,1-2H3,(H,14,15). The summed E-state index contributed by atoms with van der Waals surface area (Å²) in [5.41, 5.74) is 1.09. The highest BCUT2D eigenvalue weighted by Gasteiger charge is 2.00. The molecule has 94 valence electrons. The van der Waals surface area contributed by atoms with Gasteiger partial charge >= 0.3 is 6.09 Å². The molecule has 0 spiro atoms. The zero-order valence-corrected chi connectivity index (χ0v) is 10.2. The van der Waals surface area contributed by atoms with Crippen LogP contribution in [0.5, 0.6) is 5.75 Å². The molecule has 1 aromatic rings. The molecule has 0 aliphatic rings. The van der Waals surface area contributed by atoms with Crippen molar-refractivity contribution in [2.24, 2.45) is 0 Å². The van der Waals surface area contributed by atoms with E-state index in [4.69, 9.17) is 4.74 Å². The van der Waals surface area contributed by atoms with Gasteiger partial charge in [0.25, 0.3) is 0 Å². The van der Waals surface area contributed by atoms with E-state index in [1.165, 1.54) is 7.11 Å². The first kappa shape index (κ1) is 13.3. The Morgan fingerprint density at radius 2 is 2.00 bits per heavy atom. The fourth-order valence-electron chi connectivity index (χ4n) is 1.40. The predicted octanol–water partition coefficient (Wildman–Crippen LogP) is 1.14. The van der Waals surface area contributed by atoms with E-state index in [0.29, 0.717) is 19.6 Å². The minimum atomic E-state index is -0.413. The van der Waals surface area contributed by atoms with E-state index in [1.54, 1.807) is 7.11 Å². The van der Waals surface area contributed by atoms with Crippen LogP contribution in [0.3, 0.4) is 0 Å². The maximum atomic E-state index is 10.8. The number of carbonyl (C=O) groups is 1. The number of benzene rings is 1. The number of alkyl carbamates (subject to hydrolysis) is 1. The number of hydrogen-bond donors (Lipinski definition) is 2. The van der Waals surface area contributed by atoms with Gasteiger partial charge in [-0.25, -0.2) is 4.79 Å². The number of methoxy groups -OCH3 is 2. The SMILES string of the molecule is COC(=O)NCCNCc1ccccc1OC. The lowest BCUT2D eigenvalue weighted by molar-refractivity contribution is 0.171. The van der Waals surface area contributed by atoms with E-state index in [9.17, 15) is 4.79 Å². The highest BCUT2D eigenvalue weighted by molar-refractivity contribution is 5.66. The summed E-state index contributed by atoms with van der Waals surface area (Å²) >= 11 is 0. The lowest BCUT2D eigenvalue weighted by atomic mass is 10.2. The summed E-state index contributed by atoms with van der Waals surface area (Å²) < 4.78 is 9.68. The van der Waals surface area contributed by atoms with Gasteiger partial charge in [0.1, 0.15) is 5.75 Å². The Kier molecular flexibility index (Phi) is 5.88. The zero-order valence-electron chi connectivity index (χ0n) is 10.2. The van der Waals surface area contributed by atoms with Crippen LogP contribution >= 0.6 is 0 Å². The maximum Gasteiger partial charge on any atom is 0.406 e. The third-order valence-corrected chi connectivity index (χ3v) is 2.26. The number of amides is 1. The highest BCUT2D eigenvalue weighted by Crippen LogP contribution is 2.16. The van der Waals surface area contributed by atoms with Crippen LogP contribution in [0.15, 0.2) is 24.3 Å². The summed E-state index contributed by atoms with van der Waals surface area (Å²) in [6.07, 6.45) is -0.413. The molecule has 0 aliphatic heterocycles. The van der Waals surface area contributed by atoms with Crippen LogP contribution in [0.25, 0.3) is 0 Å². The van der Waals surface area contributed by atoms with Gasteiger partial charge in [0.15, 0.2) is 0 Å². The third kappa shape index (κ3) is 4.74. The summed E-state index contributed by atoms with van der Waals surface area (Å²) in [5, 5.41) is 5.80. The van der Waals surface area contributed by atoms with Gasteiger partial charge in [0.2, 0.25) is 0 Å². The first-order chi connectivity index (χ1) is 8.27. The van der Waals surface area contributed by atoms with Crippen molar-refractivity contribution < 1.29 is 14.3 Å². The summed E-state index contributed by atoms with van der Waals surface area (Å²) in [6, 6.07) is 7.82. The molecule has 0 saturated heterocycles. The molecule has 17 heavy (non-hydrogen) atoms. The van der Waals surface area contributed by atoms with Crippen LogP contribution < -0.4 is 15.4 Å². The lowest BCUT2D eigenvalue weighted by Gasteiger charge is -2.09. The topological polar surface area (TPSA) is 59.6 Å². The number of hydrogen-bond acceptors (Lipinski definition) is 4. The van der Waals surface area contributed by atoms with Crippen molar-refractivity contribution in [3.8, 4) is 5.75 Å². The summed E-state index contributed by atoms with van der Waals surface area (Å²) in [5.74, 6) is 0.862. The van der Waals surface area contributed by atoms with Gasteiger partial charge in [0, 0.05) is 25.2 Å². The molecule has 0 heterocycles. The molecule has 0 saturated carbocycles. The van der Waals surface area contributed by atoms with Gasteiger partial charge < -0.3 is 20.1 Å². The molecule has 1 aromatic carbocycles. The van der Waals surface area contributed by atoms with Gasteiger partial charge in [-0.15, -0.1) is 0 Å². The van der Waals surface area contributed by atoms with Gasteiger partial charge in [-0.3, -0.25) is 0 Å². The van der Waals surface area contributed by atoms with Crippen LogP contribution in [-0.2, 0) is 11.3 Å². The molecule has 0 unspecified atom stereocenters. The second-order valence-corrected chi connectivity index (χ2v) is 3.41. The molecule has 2 N–H and O–H groups in total. The molecule has 5 nitrogen and oxygen atoms in total. The molecule has 1 amide bonds. The Bertz CT molecular complexity index is 355. The monoisotopic (exact) mass is 238 g/mol. The van der Waals surface area contributed by atoms with Crippen LogP contribution in [0.4, 0.5) is 4.79 Å². The van der Waals surface area contributed by atoms with E-state index in [0.717, 1.165) is 11.3 Å². The second kappa shape index (κ2) is 7.51. The van der Waals surface area contributed by atoms with Crippen LogP contribution in [0.2, 0.25) is 0 Å². The molecule has 0 bridgehead atoms. The first-order valence-corrected chi connectivity index (χ1v) is 5.42. The average molecular weight is 238 g/mol. The zero-order chi connectivity index (χ0) is 12.5. The molecule has 1 rings (SSSR count). The van der Waals surface area contributed by atoms with Crippen molar-refractivity contribution >= 4 is 6.09 Å². The fourth-order valence-corrected chi connectivity index (χ4v) is 1.40. The number of para-hydroxylation sites is 1. The van der Waals surface area contributed by atoms with E-state index in [-0.39, 0.29) is 0 Å². The Hall–Kier alpha value is -1.75. The number of nitrogens with one attached hydrogen (secondary N) is 2. The van der Waals surface area contributed by atoms with Crippen molar-refractivity contribution in [1.82, 2.24) is 10.6 Å². The van der Waals surface area contributed by atoms with Crippen molar-refractivity contribution in [3.05, 3.63) is 29.8 Å². The summed E-state index contributed by atoms with van der Waals surface area (Å²) in [4.78, 5) is 10.8. The van der Waals surface area contributed by atoms with E-state index in [1.807, 2.05) is 24.3 Å². The molecular weight excluding hydrogens is 220 g/mol. The van der Waals surface area contributed by atoms with Gasteiger partial charge in [-0.05, 0) is 6.07 Å². The number of rotatable bonds is 6. The molecule has 0 aliphatic carbocycles. The minimum Gasteiger partial charge on any atom is -0.496 e. The number of carbonyl (C=O) groups excluding carboxylic acids is 1. The predicted molar refractivity (Wildman–Crippen MR) is 65.1 cm³/mol. The van der Waals surface area contributed by atoms with Gasteiger partial charge in [-0.1, -0.05) is 18.2 Å². The summed E-state index contributed by atoms with van der Waals surface area (Å²) in [7, 11) is 3.00.